The van der Waals surface area contributed by atoms with Crippen molar-refractivity contribution in [2.75, 3.05) is 0 Å². The lowest BCUT2D eigenvalue weighted by Gasteiger charge is -2.11. The fourth-order valence-electron chi connectivity index (χ4n) is 1.63. The molecule has 0 saturated heterocycles. The van der Waals surface area contributed by atoms with Crippen LogP contribution in [0.3, 0.4) is 0 Å². The van der Waals surface area contributed by atoms with Gasteiger partial charge in [0.1, 0.15) is 0 Å². The van der Waals surface area contributed by atoms with E-state index in [1.165, 1.54) is 0 Å². The van der Waals surface area contributed by atoms with Crippen molar-refractivity contribution in [3.05, 3.63) is 52.6 Å². The van der Waals surface area contributed by atoms with Crippen LogP contribution in [0.1, 0.15) is 0 Å². The largest absolute Gasteiger partial charge is 0.204 e. The second kappa shape index (κ2) is 5.13. The second-order valence-electron chi connectivity index (χ2n) is 3.86. The Morgan fingerprint density at radius 3 is 1.38 bits per heavy atom. The molecule has 0 unspecified atom stereocenters. The predicted octanol–water partition coefficient (Wildman–Crippen LogP) is 3.26. The van der Waals surface area contributed by atoms with E-state index in [2.05, 4.69) is 10.2 Å². The van der Waals surface area contributed by atoms with Crippen molar-refractivity contribution in [2.24, 2.45) is 0 Å². The molecule has 21 heavy (non-hydrogen) atoms. The molecule has 2 rings (SSSR count). The van der Waals surface area contributed by atoms with Crippen molar-refractivity contribution >= 4 is 15.4 Å². The smallest absolute Gasteiger partial charge is 0.200 e. The number of hydrogen-bond acceptors (Lipinski definition) is 0. The van der Waals surface area contributed by atoms with E-state index in [4.69, 9.17) is 0 Å². The van der Waals surface area contributed by atoms with Crippen LogP contribution in [-0.4, -0.2) is 10.2 Å². The molecule has 0 fully saturated rings. The first-order chi connectivity index (χ1) is 9.68. The molecule has 0 heterocycles. The van der Waals surface area contributed by atoms with Crippen LogP contribution < -0.4 is 5.19 Å². The third-order valence-corrected chi connectivity index (χ3v) is 2.99. The summed E-state index contributed by atoms with van der Waals surface area (Å²) in [6, 6.07) is 0.364. The van der Waals surface area contributed by atoms with Crippen LogP contribution in [0, 0.1) is 46.5 Å². The van der Waals surface area contributed by atoms with Gasteiger partial charge in [-0.1, -0.05) is 0 Å². The molecule has 0 aliphatic rings. The monoisotopic (exact) mass is 325 g/mol. The molecule has 2 aromatic carbocycles. The molecule has 0 aliphatic carbocycles. The molecule has 2 aromatic rings. The summed E-state index contributed by atoms with van der Waals surface area (Å²) in [6.45, 7) is 0. The zero-order chi connectivity index (χ0) is 16.1. The minimum Gasteiger partial charge on any atom is -0.204 e. The fraction of sp³-hybridized carbons (Fsp3) is 0. The van der Waals surface area contributed by atoms with Crippen LogP contribution in [0.2, 0.25) is 0 Å². The van der Waals surface area contributed by atoms with Crippen molar-refractivity contribution in [3.63, 3.8) is 0 Å². The third-order valence-electron chi connectivity index (χ3n) is 2.63. The zero-order valence-electron chi connectivity index (χ0n) is 9.60. The van der Waals surface area contributed by atoms with Crippen LogP contribution in [0.4, 0.5) is 35.1 Å². The van der Waals surface area contributed by atoms with Gasteiger partial charge in [-0.25, -0.2) is 35.1 Å². The molecule has 0 nitrogen and oxygen atoms in total. The summed E-state index contributed by atoms with van der Waals surface area (Å²) in [5, 5.41) is -0.757. The van der Waals surface area contributed by atoms with E-state index < -0.39 is 62.9 Å². The SMILES string of the molecule is Fc1c([Si])cc(-c2c(F)c(F)c(F)c(F)c2F)c(F)c1F. The molecule has 0 amide bonds. The van der Waals surface area contributed by atoms with E-state index in [9.17, 15) is 35.1 Å². The first-order valence-corrected chi connectivity index (χ1v) is 5.59. The Morgan fingerprint density at radius 1 is 0.524 bits per heavy atom. The summed E-state index contributed by atoms with van der Waals surface area (Å²) < 4.78 is 106. The maximum Gasteiger partial charge on any atom is 0.200 e. The van der Waals surface area contributed by atoms with Gasteiger partial charge in [-0.2, -0.15) is 0 Å². The lowest BCUT2D eigenvalue weighted by atomic mass is 10.0. The maximum absolute atomic E-state index is 13.5. The minimum atomic E-state index is -2.45. The first-order valence-electron chi connectivity index (χ1n) is 5.09. The van der Waals surface area contributed by atoms with Gasteiger partial charge >= 0.3 is 0 Å². The molecule has 0 spiro atoms. The van der Waals surface area contributed by atoms with Gasteiger partial charge in [0.2, 0.25) is 5.82 Å². The molecule has 109 valence electrons. The van der Waals surface area contributed by atoms with Crippen molar-refractivity contribution in [1.29, 1.82) is 0 Å². The average Bonchev–Trinajstić information content (AvgIpc) is 2.46. The summed E-state index contributed by atoms with van der Waals surface area (Å²) in [5.74, 6) is -17.7. The lowest BCUT2D eigenvalue weighted by molar-refractivity contribution is 0.380. The van der Waals surface area contributed by atoms with Gasteiger partial charge in [-0.15, -0.1) is 0 Å². The quantitative estimate of drug-likeness (QED) is 0.327. The van der Waals surface area contributed by atoms with E-state index in [0.29, 0.717) is 6.07 Å². The van der Waals surface area contributed by atoms with Gasteiger partial charge in [-0.3, -0.25) is 0 Å². The van der Waals surface area contributed by atoms with Crippen LogP contribution in [0.5, 0.6) is 0 Å². The molecular weight excluding hydrogens is 324 g/mol. The fourth-order valence-corrected chi connectivity index (χ4v) is 1.88. The topological polar surface area (TPSA) is 0 Å². The summed E-state index contributed by atoms with van der Waals surface area (Å²) in [7, 11) is 2.50. The summed E-state index contributed by atoms with van der Waals surface area (Å²) in [5.41, 5.74) is -3.01. The molecule has 0 atom stereocenters. The Labute approximate surface area is 115 Å². The third kappa shape index (κ3) is 2.21. The highest BCUT2D eigenvalue weighted by molar-refractivity contribution is 6.32. The number of hydrogen-bond donors (Lipinski definition) is 0. The summed E-state index contributed by atoms with van der Waals surface area (Å²) in [4.78, 5) is 0. The number of halogens is 8. The highest BCUT2D eigenvalue weighted by Gasteiger charge is 2.30. The van der Waals surface area contributed by atoms with Crippen molar-refractivity contribution in [1.82, 2.24) is 0 Å². The number of benzene rings is 2. The normalized spacial score (nSPS) is 11.1. The van der Waals surface area contributed by atoms with Gasteiger partial charge in [0.05, 0.1) is 15.8 Å². The average molecular weight is 325 g/mol. The van der Waals surface area contributed by atoms with E-state index in [-0.39, 0.29) is 0 Å². The van der Waals surface area contributed by atoms with Gasteiger partial charge in [0.25, 0.3) is 0 Å². The number of rotatable bonds is 1. The van der Waals surface area contributed by atoms with Crippen molar-refractivity contribution in [2.45, 2.75) is 0 Å². The van der Waals surface area contributed by atoms with Crippen LogP contribution in [-0.2, 0) is 0 Å². The Kier molecular flexibility index (Phi) is 3.79. The molecule has 0 saturated carbocycles. The van der Waals surface area contributed by atoms with Gasteiger partial charge in [0.15, 0.2) is 40.7 Å². The molecule has 0 bridgehead atoms. The molecule has 0 aromatic heterocycles. The van der Waals surface area contributed by atoms with E-state index in [1.807, 2.05) is 0 Å². The highest BCUT2D eigenvalue weighted by atomic mass is 28.1. The van der Waals surface area contributed by atoms with Crippen LogP contribution in [0.25, 0.3) is 11.1 Å². The molecular formula is C12HF8Si. The van der Waals surface area contributed by atoms with Crippen molar-refractivity contribution in [3.8, 4) is 11.1 Å². The maximum atomic E-state index is 13.5. The molecule has 0 aliphatic heterocycles. The van der Waals surface area contributed by atoms with E-state index in [0.717, 1.165) is 0 Å². The molecule has 0 N–H and O–H groups in total. The van der Waals surface area contributed by atoms with Crippen LogP contribution >= 0.6 is 0 Å². The highest BCUT2D eigenvalue weighted by Crippen LogP contribution is 2.33. The minimum absolute atomic E-state index is 0.364. The van der Waals surface area contributed by atoms with Gasteiger partial charge < -0.3 is 0 Å². The Hall–Kier alpha value is -1.90. The zero-order valence-corrected chi connectivity index (χ0v) is 10.6. The molecule has 3 radical (unpaired) electrons. The van der Waals surface area contributed by atoms with Crippen molar-refractivity contribution < 1.29 is 35.1 Å². The summed E-state index contributed by atoms with van der Waals surface area (Å²) >= 11 is 0. The van der Waals surface area contributed by atoms with Gasteiger partial charge in [0, 0.05) is 5.56 Å². The van der Waals surface area contributed by atoms with Gasteiger partial charge in [-0.05, 0) is 11.3 Å². The summed E-state index contributed by atoms with van der Waals surface area (Å²) in [6.07, 6.45) is 0. The molecule has 9 heteroatoms. The Balaban J connectivity index is 2.93. The standard InChI is InChI=1S/C12HF8Si/c13-5-2(1-3(21)6(14)9(5)17)4-7(15)10(18)12(20)11(19)8(4)16/h1H. The predicted molar refractivity (Wildman–Crippen MR) is 56.9 cm³/mol. The van der Waals surface area contributed by atoms with E-state index >= 15 is 0 Å². The van der Waals surface area contributed by atoms with Crippen LogP contribution in [0.15, 0.2) is 6.07 Å². The lowest BCUT2D eigenvalue weighted by Crippen LogP contribution is -2.15. The Bertz CT molecular complexity index is 727. The van der Waals surface area contributed by atoms with E-state index in [1.54, 1.807) is 0 Å². The Morgan fingerprint density at radius 2 is 0.905 bits per heavy atom. The second-order valence-corrected chi connectivity index (χ2v) is 4.40. The first kappa shape index (κ1) is 15.5.